The number of nitrogens with one attached hydrogen (secondary N) is 1. The van der Waals surface area contributed by atoms with Crippen molar-refractivity contribution in [1.29, 1.82) is 5.26 Å². The van der Waals surface area contributed by atoms with Gasteiger partial charge in [-0.15, -0.1) is 0 Å². The Balaban J connectivity index is 1.63. The molecule has 0 bridgehead atoms. The zero-order valence-corrected chi connectivity index (χ0v) is 15.8. The highest BCUT2D eigenvalue weighted by atomic mass is 16.1. The molecule has 0 saturated carbocycles. The Bertz CT molecular complexity index is 875. The molecule has 0 aliphatic carbocycles. The maximum absolute atomic E-state index is 12.5. The molecule has 27 heavy (non-hydrogen) atoms. The minimum Gasteiger partial charge on any atom is -0.373 e. The number of hydrogen-bond acceptors (Lipinski definition) is 4. The van der Waals surface area contributed by atoms with E-state index in [1.54, 1.807) is 6.20 Å². The van der Waals surface area contributed by atoms with Gasteiger partial charge < -0.3 is 15.1 Å². The van der Waals surface area contributed by atoms with Crippen molar-refractivity contribution >= 4 is 17.3 Å². The molecule has 1 aliphatic rings. The number of nitriles is 1. The smallest absolute Gasteiger partial charge is 0.267 e. The topological polar surface area (TPSA) is 59.4 Å². The van der Waals surface area contributed by atoms with Crippen molar-refractivity contribution in [3.8, 4) is 6.07 Å². The predicted octanol–water partition coefficient (Wildman–Crippen LogP) is 3.47. The molecule has 1 N–H and O–H groups in total. The van der Waals surface area contributed by atoms with E-state index in [9.17, 15) is 10.1 Å². The van der Waals surface area contributed by atoms with Gasteiger partial charge in [-0.25, -0.2) is 0 Å². The lowest BCUT2D eigenvalue weighted by Crippen LogP contribution is -2.44. The summed E-state index contributed by atoms with van der Waals surface area (Å²) in [5.41, 5.74) is 4.19. The molecule has 0 atom stereocenters. The SMILES string of the molecule is Cc1ccc(NC(=O)/C(C#N)=C\N2CCN(c3ccccc3)CC2)c(C)c1. The van der Waals surface area contributed by atoms with Crippen molar-refractivity contribution in [2.45, 2.75) is 13.8 Å². The zero-order chi connectivity index (χ0) is 19.2. The fourth-order valence-corrected chi connectivity index (χ4v) is 3.21. The molecular weight excluding hydrogens is 336 g/mol. The number of hydrogen-bond donors (Lipinski definition) is 1. The summed E-state index contributed by atoms with van der Waals surface area (Å²) in [6, 6.07) is 18.1. The second kappa shape index (κ2) is 8.41. The maximum Gasteiger partial charge on any atom is 0.267 e. The normalized spacial score (nSPS) is 14.6. The number of carbonyl (C=O) groups excluding carboxylic acids is 1. The Hall–Kier alpha value is -3.26. The number of anilines is 2. The zero-order valence-electron chi connectivity index (χ0n) is 15.8. The summed E-state index contributed by atoms with van der Waals surface area (Å²) >= 11 is 0. The molecule has 1 saturated heterocycles. The first kappa shape index (κ1) is 18.5. The summed E-state index contributed by atoms with van der Waals surface area (Å²) in [4.78, 5) is 16.9. The largest absolute Gasteiger partial charge is 0.373 e. The molecule has 138 valence electrons. The van der Waals surface area contributed by atoms with Crippen LogP contribution < -0.4 is 10.2 Å². The van der Waals surface area contributed by atoms with E-state index in [4.69, 9.17) is 0 Å². The third-order valence-corrected chi connectivity index (χ3v) is 4.74. The molecule has 0 spiro atoms. The second-order valence-corrected chi connectivity index (χ2v) is 6.79. The molecule has 0 radical (unpaired) electrons. The van der Waals surface area contributed by atoms with Crippen LogP contribution in [0.25, 0.3) is 0 Å². The van der Waals surface area contributed by atoms with Crippen LogP contribution >= 0.6 is 0 Å². The number of aryl methyl sites for hydroxylation is 2. The number of benzene rings is 2. The van der Waals surface area contributed by atoms with Crippen LogP contribution in [-0.4, -0.2) is 37.0 Å². The fraction of sp³-hybridized carbons (Fsp3) is 0.273. The van der Waals surface area contributed by atoms with Crippen molar-refractivity contribution in [3.63, 3.8) is 0 Å². The highest BCUT2D eigenvalue weighted by Crippen LogP contribution is 2.18. The molecule has 2 aromatic rings. The van der Waals surface area contributed by atoms with Crippen LogP contribution in [-0.2, 0) is 4.79 Å². The quantitative estimate of drug-likeness (QED) is 0.670. The minimum absolute atomic E-state index is 0.128. The monoisotopic (exact) mass is 360 g/mol. The molecule has 5 heteroatoms. The van der Waals surface area contributed by atoms with E-state index in [0.29, 0.717) is 0 Å². The average molecular weight is 360 g/mol. The Kier molecular flexibility index (Phi) is 5.77. The number of rotatable bonds is 4. The summed E-state index contributed by atoms with van der Waals surface area (Å²) in [5.74, 6) is -0.366. The molecule has 1 fully saturated rings. The van der Waals surface area contributed by atoms with Crippen LogP contribution in [0.3, 0.4) is 0 Å². The summed E-state index contributed by atoms with van der Waals surface area (Å²) in [7, 11) is 0. The summed E-state index contributed by atoms with van der Waals surface area (Å²) in [5, 5.41) is 12.3. The van der Waals surface area contributed by atoms with Gasteiger partial charge in [-0.05, 0) is 37.6 Å². The van der Waals surface area contributed by atoms with Crippen LogP contribution in [0, 0.1) is 25.2 Å². The Morgan fingerprint density at radius 2 is 1.78 bits per heavy atom. The Labute approximate surface area is 160 Å². The maximum atomic E-state index is 12.5. The van der Waals surface area contributed by atoms with E-state index >= 15 is 0 Å². The van der Waals surface area contributed by atoms with Crippen molar-refractivity contribution in [2.75, 3.05) is 36.4 Å². The Morgan fingerprint density at radius 3 is 2.41 bits per heavy atom. The molecule has 1 amide bonds. The summed E-state index contributed by atoms with van der Waals surface area (Å²) in [6.45, 7) is 7.22. The lowest BCUT2D eigenvalue weighted by Gasteiger charge is -2.35. The average Bonchev–Trinajstić information content (AvgIpc) is 2.69. The number of piperazine rings is 1. The highest BCUT2D eigenvalue weighted by Gasteiger charge is 2.18. The third-order valence-electron chi connectivity index (χ3n) is 4.74. The van der Waals surface area contributed by atoms with E-state index in [1.165, 1.54) is 5.69 Å². The molecule has 3 rings (SSSR count). The van der Waals surface area contributed by atoms with Gasteiger partial charge in [-0.1, -0.05) is 35.9 Å². The molecule has 1 aliphatic heterocycles. The van der Waals surface area contributed by atoms with E-state index in [0.717, 1.165) is 43.0 Å². The van der Waals surface area contributed by atoms with E-state index < -0.39 is 0 Å². The van der Waals surface area contributed by atoms with Crippen LogP contribution in [0.1, 0.15) is 11.1 Å². The lowest BCUT2D eigenvalue weighted by atomic mass is 10.1. The van der Waals surface area contributed by atoms with Gasteiger partial charge in [0.1, 0.15) is 11.6 Å². The van der Waals surface area contributed by atoms with Crippen LogP contribution in [0.15, 0.2) is 60.3 Å². The number of carbonyl (C=O) groups is 1. The van der Waals surface area contributed by atoms with Gasteiger partial charge in [0.25, 0.3) is 5.91 Å². The second-order valence-electron chi connectivity index (χ2n) is 6.79. The van der Waals surface area contributed by atoms with Crippen LogP contribution in [0.2, 0.25) is 0 Å². The van der Waals surface area contributed by atoms with Crippen molar-refractivity contribution in [3.05, 3.63) is 71.4 Å². The Morgan fingerprint density at radius 1 is 1.07 bits per heavy atom. The number of amides is 1. The molecular formula is C22H24N4O. The van der Waals surface area contributed by atoms with E-state index in [2.05, 4.69) is 22.3 Å². The van der Waals surface area contributed by atoms with Gasteiger partial charge >= 0.3 is 0 Å². The fourth-order valence-electron chi connectivity index (χ4n) is 3.21. The standard InChI is InChI=1S/C22H24N4O/c1-17-8-9-21(18(2)14-17)24-22(27)19(15-23)16-25-10-12-26(13-11-25)20-6-4-3-5-7-20/h3-9,14,16H,10-13H2,1-2H3,(H,24,27)/b19-16-. The van der Waals surface area contributed by atoms with Gasteiger partial charge in [-0.2, -0.15) is 5.26 Å². The van der Waals surface area contributed by atoms with Gasteiger partial charge in [0.05, 0.1) is 0 Å². The van der Waals surface area contributed by atoms with Crippen LogP contribution in [0.5, 0.6) is 0 Å². The minimum atomic E-state index is -0.366. The van der Waals surface area contributed by atoms with Crippen molar-refractivity contribution in [2.24, 2.45) is 0 Å². The summed E-state index contributed by atoms with van der Waals surface area (Å²) in [6.07, 6.45) is 1.68. The predicted molar refractivity (Wildman–Crippen MR) is 108 cm³/mol. The lowest BCUT2D eigenvalue weighted by molar-refractivity contribution is -0.112. The highest BCUT2D eigenvalue weighted by molar-refractivity contribution is 6.06. The van der Waals surface area contributed by atoms with Crippen LogP contribution in [0.4, 0.5) is 11.4 Å². The van der Waals surface area contributed by atoms with E-state index in [1.807, 2.05) is 61.2 Å². The van der Waals surface area contributed by atoms with Gasteiger partial charge in [0.15, 0.2) is 0 Å². The molecule has 0 aromatic heterocycles. The third kappa shape index (κ3) is 4.68. The first-order valence-electron chi connectivity index (χ1n) is 9.11. The van der Waals surface area contributed by atoms with E-state index in [-0.39, 0.29) is 11.5 Å². The van der Waals surface area contributed by atoms with Gasteiger partial charge in [0.2, 0.25) is 0 Å². The summed E-state index contributed by atoms with van der Waals surface area (Å²) < 4.78 is 0. The number of para-hydroxylation sites is 1. The van der Waals surface area contributed by atoms with Crippen molar-refractivity contribution in [1.82, 2.24) is 4.90 Å². The molecule has 1 heterocycles. The van der Waals surface area contributed by atoms with Gasteiger partial charge in [0, 0.05) is 43.8 Å². The van der Waals surface area contributed by atoms with Gasteiger partial charge in [-0.3, -0.25) is 4.79 Å². The first-order valence-corrected chi connectivity index (χ1v) is 9.11. The number of nitrogens with zero attached hydrogens (tertiary/aromatic N) is 3. The molecule has 2 aromatic carbocycles. The van der Waals surface area contributed by atoms with Crippen molar-refractivity contribution < 1.29 is 4.79 Å². The molecule has 0 unspecified atom stereocenters. The molecule has 5 nitrogen and oxygen atoms in total. The first-order chi connectivity index (χ1) is 13.1.